The number of likely N-dealkylation sites (N-methyl/N-ethyl adjacent to an activating group) is 7. The van der Waals surface area contributed by atoms with E-state index in [1.54, 1.807) is 32.9 Å². The van der Waals surface area contributed by atoms with Crippen LogP contribution < -0.4 is 20.7 Å². The van der Waals surface area contributed by atoms with Crippen LogP contribution in [0.4, 0.5) is 26.3 Å². The molecule has 0 aromatic heterocycles. The molecular weight excluding hydrogens is 1390 g/mol. The molecule has 2 aromatic carbocycles. The number of benzene rings is 2. The Bertz CT molecular complexity index is 3630. The van der Waals surface area contributed by atoms with Gasteiger partial charge in [0.1, 0.15) is 59.6 Å². The Labute approximate surface area is 615 Å². The molecule has 3 heterocycles. The highest BCUT2D eigenvalue weighted by Crippen LogP contribution is 2.55. The van der Waals surface area contributed by atoms with E-state index in [0.717, 1.165) is 68.0 Å². The summed E-state index contributed by atoms with van der Waals surface area (Å²) in [4.78, 5) is 191. The Morgan fingerprint density at radius 2 is 1.30 bits per heavy atom. The summed E-state index contributed by atoms with van der Waals surface area (Å²) in [6, 6.07) is -3.93. The summed E-state index contributed by atoms with van der Waals surface area (Å²) in [6.45, 7) is 3.63. The van der Waals surface area contributed by atoms with Crippen LogP contribution >= 0.6 is 0 Å². The van der Waals surface area contributed by atoms with Gasteiger partial charge in [-0.1, -0.05) is 76.8 Å². The number of ether oxygens (including phenoxy) is 1. The Kier molecular flexibility index (Phi) is 26.9. The van der Waals surface area contributed by atoms with Crippen LogP contribution in [0.2, 0.25) is 0 Å². The molecule has 0 unspecified atom stereocenters. The molecule has 584 valence electrons. The first-order valence-corrected chi connectivity index (χ1v) is 36.7. The van der Waals surface area contributed by atoms with Crippen molar-refractivity contribution in [3.05, 3.63) is 76.9 Å². The van der Waals surface area contributed by atoms with Crippen LogP contribution in [-0.4, -0.2) is 259 Å². The monoisotopic (exact) mass is 1490 g/mol. The fraction of sp³-hybridized carbons (Fsp3) is 0.653. The van der Waals surface area contributed by atoms with Gasteiger partial charge in [-0.2, -0.15) is 26.3 Å². The number of hydrogen-bond donors (Lipinski definition) is 3. The van der Waals surface area contributed by atoms with Gasteiger partial charge in [-0.3, -0.25) is 57.5 Å². The van der Waals surface area contributed by atoms with Gasteiger partial charge in [-0.25, -0.2) is 0 Å². The standard InChI is InChI=1S/C75H104F6N12O13/c1-13-21-52-63(97)83-61(45(3)14-2)69(103)87(7)43-60(96)89(9)53-24-16-15-19-37-92(68(53)102)55(38-46-25-29-49(30-26-46)74(76,77)78)67(101)86(6)42-58(94)82-51(32-28-47-27-31-50(75(79,80)81)57(39-47)106-12)65(99)93-44-72(35-36-72)41-56(93)64(98)84-73(33-20-34-73)71(105)91(11)62(48-22-17-18-23-48)70(104)90(10)54(66(100)85(4)5)40-59(95)88(52)8/h15-16,25-27,29-31,39,45,48,51-56,61-62H,13-14,17-24,28,32-38,40-44H2,1-12H3,(H,82,94)(H,83,97)(H,84,98)/b16-15-/t45-,51-,52-,53-,54-,55-,56-,61-,62-/m0/s1. The lowest BCUT2D eigenvalue weighted by Gasteiger charge is -2.46. The second kappa shape index (κ2) is 34.4. The highest BCUT2D eigenvalue weighted by Gasteiger charge is 2.59. The number of alkyl halides is 6. The molecule has 6 aliphatic rings. The maximum Gasteiger partial charge on any atom is 0.419 e. The van der Waals surface area contributed by atoms with E-state index in [9.17, 15) is 55.1 Å². The number of rotatable bonds is 12. The second-order valence-corrected chi connectivity index (χ2v) is 30.1. The quantitative estimate of drug-likeness (QED) is 0.173. The van der Waals surface area contributed by atoms with E-state index in [-0.39, 0.29) is 75.6 Å². The number of halogens is 6. The van der Waals surface area contributed by atoms with Gasteiger partial charge in [-0.15, -0.1) is 0 Å². The molecule has 3 N–H and O–H groups in total. The lowest BCUT2D eigenvalue weighted by atomic mass is 9.74. The summed E-state index contributed by atoms with van der Waals surface area (Å²) in [7, 11) is 12.0. The first-order chi connectivity index (χ1) is 49.8. The zero-order valence-electron chi connectivity index (χ0n) is 62.8. The second-order valence-electron chi connectivity index (χ2n) is 30.1. The molecule has 2 spiro atoms. The van der Waals surface area contributed by atoms with Gasteiger partial charge >= 0.3 is 12.4 Å². The fourth-order valence-electron chi connectivity index (χ4n) is 15.4. The molecule has 31 heteroatoms. The van der Waals surface area contributed by atoms with Gasteiger partial charge in [0.25, 0.3) is 0 Å². The Hall–Kier alpha value is -8.80. The largest absolute Gasteiger partial charge is 0.496 e. The molecule has 9 atom stereocenters. The molecule has 5 fully saturated rings. The molecule has 3 aliphatic heterocycles. The predicted octanol–water partition coefficient (Wildman–Crippen LogP) is 5.60. The number of fused-ring (bicyclic) bond motifs is 3. The average Bonchev–Trinajstić information content (AvgIpc) is 1.57. The maximum atomic E-state index is 15.6. The maximum absolute atomic E-state index is 15.6. The smallest absolute Gasteiger partial charge is 0.419 e. The first kappa shape index (κ1) is 82.8. The summed E-state index contributed by atoms with van der Waals surface area (Å²) in [5.41, 5.74) is -3.82. The molecule has 25 nitrogen and oxygen atoms in total. The van der Waals surface area contributed by atoms with E-state index in [1.807, 2.05) is 0 Å². The van der Waals surface area contributed by atoms with E-state index < -0.39 is 197 Å². The van der Waals surface area contributed by atoms with Crippen LogP contribution in [0.25, 0.3) is 0 Å². The molecule has 2 aromatic rings. The topological polar surface area (TPSA) is 279 Å². The van der Waals surface area contributed by atoms with E-state index in [4.69, 9.17) is 4.74 Å². The van der Waals surface area contributed by atoms with Crippen molar-refractivity contribution in [1.29, 1.82) is 0 Å². The van der Waals surface area contributed by atoms with Crippen LogP contribution in [0.5, 0.6) is 5.75 Å². The van der Waals surface area contributed by atoms with Crippen molar-refractivity contribution < 1.29 is 88.6 Å². The summed E-state index contributed by atoms with van der Waals surface area (Å²) in [5.74, 6) is -10.5. The third-order valence-electron chi connectivity index (χ3n) is 22.6. The fourth-order valence-corrected chi connectivity index (χ4v) is 15.4. The zero-order valence-corrected chi connectivity index (χ0v) is 62.8. The molecular formula is C75H104F6N12O13. The zero-order chi connectivity index (χ0) is 78.2. The SMILES string of the molecule is CCC[C@H]1C(=O)N[C@@H]([C@@H](C)CC)C(=O)N(C)CC(=O)N(C)[C@H]2C/C=C\CCN(C2=O)[C@@H](Cc2ccc(C(F)(F)F)cc2)C(=O)N(C)CC(=O)N[C@@H](CCc2ccc(C(F)(F)F)c(OC)c2)C(=O)N2CC3(CC3)C[C@H]2C(=O)NC2(CCC2)C(=O)N(C)[C@@H](C2CCCC2)C(=O)N(C)[C@H](C(=O)N(C)C)CC(=O)N1C. The van der Waals surface area contributed by atoms with Gasteiger partial charge in [0.05, 0.1) is 37.7 Å². The van der Waals surface area contributed by atoms with Crippen molar-refractivity contribution in [1.82, 2.24) is 60.0 Å². The van der Waals surface area contributed by atoms with E-state index in [0.29, 0.717) is 57.8 Å². The summed E-state index contributed by atoms with van der Waals surface area (Å²) >= 11 is 0. The van der Waals surface area contributed by atoms with Gasteiger partial charge in [0.15, 0.2) is 0 Å². The van der Waals surface area contributed by atoms with Crippen LogP contribution in [-0.2, 0) is 82.7 Å². The van der Waals surface area contributed by atoms with E-state index in [2.05, 4.69) is 16.0 Å². The number of hydrogen-bond acceptors (Lipinski definition) is 13. The molecule has 3 aliphatic carbocycles. The predicted molar refractivity (Wildman–Crippen MR) is 377 cm³/mol. The lowest BCUT2D eigenvalue weighted by Crippen LogP contribution is -2.68. The summed E-state index contributed by atoms with van der Waals surface area (Å²) in [5, 5.41) is 8.59. The minimum atomic E-state index is -4.81. The number of nitrogens with one attached hydrogen (secondary N) is 3. The third kappa shape index (κ3) is 18.9. The van der Waals surface area contributed by atoms with Gasteiger partial charge < -0.3 is 64.8 Å². The van der Waals surface area contributed by atoms with Crippen molar-refractivity contribution in [3.8, 4) is 5.75 Å². The number of carbonyl (C=O) groups is 12. The number of nitrogens with zero attached hydrogens (tertiary/aromatic N) is 9. The van der Waals surface area contributed by atoms with Crippen molar-refractivity contribution in [2.24, 2.45) is 17.3 Å². The van der Waals surface area contributed by atoms with Crippen LogP contribution in [0.1, 0.15) is 152 Å². The molecule has 3 saturated carbocycles. The number of methoxy groups -OCH3 is 1. The molecule has 8 rings (SSSR count). The summed E-state index contributed by atoms with van der Waals surface area (Å²) in [6.07, 6.45) is -2.39. The van der Waals surface area contributed by atoms with E-state index in [1.165, 1.54) is 82.0 Å². The normalized spacial score (nSPS) is 26.5. The molecule has 12 amide bonds. The number of amides is 12. The Balaban J connectivity index is 1.21. The molecule has 0 radical (unpaired) electrons. The van der Waals surface area contributed by atoms with Crippen LogP contribution in [0.15, 0.2) is 54.6 Å². The van der Waals surface area contributed by atoms with Gasteiger partial charge in [0.2, 0.25) is 70.9 Å². The highest BCUT2D eigenvalue weighted by molar-refractivity contribution is 6.01. The van der Waals surface area contributed by atoms with Crippen molar-refractivity contribution in [2.45, 2.75) is 209 Å². The van der Waals surface area contributed by atoms with E-state index >= 15 is 28.8 Å². The van der Waals surface area contributed by atoms with Crippen molar-refractivity contribution in [2.75, 3.05) is 89.7 Å². The van der Waals surface area contributed by atoms with Crippen molar-refractivity contribution in [3.63, 3.8) is 0 Å². The summed E-state index contributed by atoms with van der Waals surface area (Å²) < 4.78 is 89.5. The van der Waals surface area contributed by atoms with Crippen LogP contribution in [0, 0.1) is 17.3 Å². The molecule has 2 bridgehead atoms. The first-order valence-electron chi connectivity index (χ1n) is 36.7. The van der Waals surface area contributed by atoms with Crippen molar-refractivity contribution >= 4 is 70.9 Å². The van der Waals surface area contributed by atoms with Crippen LogP contribution in [0.3, 0.4) is 0 Å². The molecule has 2 saturated heterocycles. The highest BCUT2D eigenvalue weighted by atomic mass is 19.4. The average molecular weight is 1500 g/mol. The lowest BCUT2D eigenvalue weighted by molar-refractivity contribution is -0.157. The third-order valence-corrected chi connectivity index (χ3v) is 22.6. The minimum absolute atomic E-state index is 0.0196. The van der Waals surface area contributed by atoms with Gasteiger partial charge in [-0.05, 0) is 136 Å². The number of aryl methyl sites for hydroxylation is 1. The Morgan fingerprint density at radius 3 is 1.88 bits per heavy atom. The Morgan fingerprint density at radius 1 is 0.660 bits per heavy atom. The molecule has 106 heavy (non-hydrogen) atoms. The van der Waals surface area contributed by atoms with Gasteiger partial charge in [0, 0.05) is 75.9 Å². The minimum Gasteiger partial charge on any atom is -0.496 e. The number of carbonyl (C=O) groups excluding carboxylic acids is 12.